The van der Waals surface area contributed by atoms with E-state index in [2.05, 4.69) is 30.3 Å². The zero-order valence-electron chi connectivity index (χ0n) is 10.3. The highest BCUT2D eigenvalue weighted by atomic mass is 16.1. The largest absolute Gasteiger partial charge is 0.302 e. The van der Waals surface area contributed by atoms with Crippen LogP contribution in [0.15, 0.2) is 54.6 Å². The molecule has 18 heavy (non-hydrogen) atoms. The third kappa shape index (κ3) is 1.76. The molecule has 0 aromatic heterocycles. The van der Waals surface area contributed by atoms with Crippen molar-refractivity contribution < 1.29 is 4.79 Å². The quantitative estimate of drug-likeness (QED) is 0.747. The normalized spacial score (nSPS) is 21.6. The minimum Gasteiger partial charge on any atom is -0.302 e. The topological polar surface area (TPSA) is 17.1 Å². The average Bonchev–Trinajstić information content (AvgIpc) is 2.80. The highest BCUT2D eigenvalue weighted by Gasteiger charge is 2.38. The summed E-state index contributed by atoms with van der Waals surface area (Å²) in [6.07, 6.45) is 3.92. The summed E-state index contributed by atoms with van der Waals surface area (Å²) in [4.78, 5) is 11.7. The standard InChI is InChI=1S/C17H16O/c18-13-17(12-14-6-2-1-3-7-14)11-10-15-8-4-5-9-16(15)17/h1-9,13H,10-12H2. The van der Waals surface area contributed by atoms with E-state index < -0.39 is 0 Å². The van der Waals surface area contributed by atoms with E-state index in [1.807, 2.05) is 24.3 Å². The molecule has 3 rings (SSSR count). The predicted molar refractivity (Wildman–Crippen MR) is 72.7 cm³/mol. The van der Waals surface area contributed by atoms with Gasteiger partial charge in [0.15, 0.2) is 0 Å². The summed E-state index contributed by atoms with van der Waals surface area (Å²) in [5.74, 6) is 0. The summed E-state index contributed by atoms with van der Waals surface area (Å²) in [6, 6.07) is 18.6. The number of aldehydes is 1. The molecule has 0 bridgehead atoms. The summed E-state index contributed by atoms with van der Waals surface area (Å²) >= 11 is 0. The summed E-state index contributed by atoms with van der Waals surface area (Å²) < 4.78 is 0. The van der Waals surface area contributed by atoms with Gasteiger partial charge in [0, 0.05) is 0 Å². The molecular formula is C17H16O. The van der Waals surface area contributed by atoms with Gasteiger partial charge >= 0.3 is 0 Å². The maximum atomic E-state index is 11.7. The van der Waals surface area contributed by atoms with Crippen molar-refractivity contribution >= 4 is 6.29 Å². The van der Waals surface area contributed by atoms with Crippen LogP contribution in [0.3, 0.4) is 0 Å². The van der Waals surface area contributed by atoms with E-state index in [-0.39, 0.29) is 5.41 Å². The molecule has 0 heterocycles. The third-order valence-corrected chi connectivity index (χ3v) is 3.98. The highest BCUT2D eigenvalue weighted by Crippen LogP contribution is 2.39. The average molecular weight is 236 g/mol. The van der Waals surface area contributed by atoms with Crippen LogP contribution in [0.25, 0.3) is 0 Å². The van der Waals surface area contributed by atoms with E-state index in [0.29, 0.717) is 0 Å². The lowest BCUT2D eigenvalue weighted by Crippen LogP contribution is -2.27. The van der Waals surface area contributed by atoms with E-state index >= 15 is 0 Å². The molecule has 0 aliphatic heterocycles. The second kappa shape index (κ2) is 4.41. The molecule has 0 amide bonds. The van der Waals surface area contributed by atoms with Crippen molar-refractivity contribution in [2.75, 3.05) is 0 Å². The van der Waals surface area contributed by atoms with E-state index in [1.54, 1.807) is 0 Å². The van der Waals surface area contributed by atoms with Crippen molar-refractivity contribution in [1.29, 1.82) is 0 Å². The molecule has 1 heteroatoms. The maximum absolute atomic E-state index is 11.7. The fraction of sp³-hybridized carbons (Fsp3) is 0.235. The van der Waals surface area contributed by atoms with Gasteiger partial charge in [-0.15, -0.1) is 0 Å². The van der Waals surface area contributed by atoms with Gasteiger partial charge in [-0.2, -0.15) is 0 Å². The van der Waals surface area contributed by atoms with Gasteiger partial charge < -0.3 is 4.79 Å². The molecule has 0 spiro atoms. The van der Waals surface area contributed by atoms with Gasteiger partial charge in [-0.25, -0.2) is 0 Å². The summed E-state index contributed by atoms with van der Waals surface area (Å²) in [5.41, 5.74) is 3.49. The van der Waals surface area contributed by atoms with Crippen LogP contribution in [-0.2, 0) is 23.1 Å². The van der Waals surface area contributed by atoms with Crippen LogP contribution in [0, 0.1) is 0 Å². The van der Waals surface area contributed by atoms with E-state index in [0.717, 1.165) is 25.5 Å². The smallest absolute Gasteiger partial charge is 0.130 e. The first kappa shape index (κ1) is 11.2. The molecule has 2 aromatic rings. The van der Waals surface area contributed by atoms with Crippen LogP contribution in [0.5, 0.6) is 0 Å². The Labute approximate surface area is 107 Å². The van der Waals surface area contributed by atoms with Gasteiger partial charge in [-0.05, 0) is 36.0 Å². The highest BCUT2D eigenvalue weighted by molar-refractivity contribution is 5.72. The van der Waals surface area contributed by atoms with Crippen molar-refractivity contribution in [1.82, 2.24) is 0 Å². The first-order valence-electron chi connectivity index (χ1n) is 6.43. The van der Waals surface area contributed by atoms with Crippen LogP contribution in [0.2, 0.25) is 0 Å². The molecule has 0 radical (unpaired) electrons. The Hall–Kier alpha value is -1.89. The molecule has 0 saturated carbocycles. The Morgan fingerprint density at radius 3 is 2.50 bits per heavy atom. The second-order valence-electron chi connectivity index (χ2n) is 5.09. The van der Waals surface area contributed by atoms with Crippen molar-refractivity contribution in [2.45, 2.75) is 24.7 Å². The Morgan fingerprint density at radius 2 is 1.72 bits per heavy atom. The number of benzene rings is 2. The number of rotatable bonds is 3. The molecule has 0 saturated heterocycles. The minimum absolute atomic E-state index is 0.308. The molecule has 1 nitrogen and oxygen atoms in total. The SMILES string of the molecule is O=CC1(Cc2ccccc2)CCc2ccccc21. The van der Waals surface area contributed by atoms with Crippen LogP contribution < -0.4 is 0 Å². The van der Waals surface area contributed by atoms with Crippen LogP contribution in [0.4, 0.5) is 0 Å². The van der Waals surface area contributed by atoms with Crippen molar-refractivity contribution in [2.24, 2.45) is 0 Å². The third-order valence-electron chi connectivity index (χ3n) is 3.98. The van der Waals surface area contributed by atoms with Gasteiger partial charge in [-0.3, -0.25) is 0 Å². The van der Waals surface area contributed by atoms with Gasteiger partial charge in [0.05, 0.1) is 5.41 Å². The molecule has 0 N–H and O–H groups in total. The van der Waals surface area contributed by atoms with Gasteiger partial charge in [0.1, 0.15) is 6.29 Å². The lowest BCUT2D eigenvalue weighted by atomic mass is 9.78. The molecule has 1 atom stereocenters. The van der Waals surface area contributed by atoms with Crippen molar-refractivity contribution in [3.8, 4) is 0 Å². The van der Waals surface area contributed by atoms with E-state index in [4.69, 9.17) is 0 Å². The first-order chi connectivity index (χ1) is 8.84. The Balaban J connectivity index is 2.00. The Bertz CT molecular complexity index is 559. The van der Waals surface area contributed by atoms with Crippen molar-refractivity contribution in [3.63, 3.8) is 0 Å². The molecule has 1 aliphatic carbocycles. The second-order valence-corrected chi connectivity index (χ2v) is 5.09. The Morgan fingerprint density at radius 1 is 1.00 bits per heavy atom. The zero-order valence-corrected chi connectivity index (χ0v) is 10.3. The monoisotopic (exact) mass is 236 g/mol. The minimum atomic E-state index is -0.308. The van der Waals surface area contributed by atoms with E-state index in [9.17, 15) is 4.79 Å². The number of fused-ring (bicyclic) bond motifs is 1. The number of carbonyl (C=O) groups excluding carboxylic acids is 1. The van der Waals surface area contributed by atoms with Crippen LogP contribution in [0.1, 0.15) is 23.1 Å². The van der Waals surface area contributed by atoms with Crippen molar-refractivity contribution in [3.05, 3.63) is 71.3 Å². The number of hydrogen-bond acceptors (Lipinski definition) is 1. The van der Waals surface area contributed by atoms with Crippen LogP contribution in [-0.4, -0.2) is 6.29 Å². The Kier molecular flexibility index (Phi) is 2.75. The zero-order chi connectivity index (χ0) is 12.4. The summed E-state index contributed by atoms with van der Waals surface area (Å²) in [6.45, 7) is 0. The predicted octanol–water partition coefficient (Wildman–Crippen LogP) is 3.31. The fourth-order valence-corrected chi connectivity index (χ4v) is 3.02. The van der Waals surface area contributed by atoms with Crippen LogP contribution >= 0.6 is 0 Å². The van der Waals surface area contributed by atoms with Gasteiger partial charge in [0.2, 0.25) is 0 Å². The van der Waals surface area contributed by atoms with Gasteiger partial charge in [0.25, 0.3) is 0 Å². The number of hydrogen-bond donors (Lipinski definition) is 0. The molecule has 1 aliphatic rings. The molecule has 1 unspecified atom stereocenters. The summed E-state index contributed by atoms with van der Waals surface area (Å²) in [7, 11) is 0. The summed E-state index contributed by atoms with van der Waals surface area (Å²) in [5, 5.41) is 0. The number of carbonyl (C=O) groups is 1. The lowest BCUT2D eigenvalue weighted by Gasteiger charge is -2.23. The molecular weight excluding hydrogens is 220 g/mol. The number of aryl methyl sites for hydroxylation is 1. The molecule has 0 fully saturated rings. The lowest BCUT2D eigenvalue weighted by molar-refractivity contribution is -0.112. The molecule has 2 aromatic carbocycles. The molecule has 90 valence electrons. The first-order valence-corrected chi connectivity index (χ1v) is 6.43. The van der Waals surface area contributed by atoms with E-state index in [1.165, 1.54) is 16.7 Å². The fourth-order valence-electron chi connectivity index (χ4n) is 3.02. The maximum Gasteiger partial charge on any atom is 0.130 e. The van der Waals surface area contributed by atoms with Gasteiger partial charge in [-0.1, -0.05) is 54.6 Å².